The lowest BCUT2D eigenvalue weighted by molar-refractivity contribution is -0.142. The van der Waals surface area contributed by atoms with Crippen LogP contribution in [0.5, 0.6) is 0 Å². The number of carbonyl (C=O) groups is 1. The van der Waals surface area contributed by atoms with Crippen LogP contribution in [0.3, 0.4) is 0 Å². The fraction of sp³-hybridized carbons (Fsp3) is 0.692. The van der Waals surface area contributed by atoms with Crippen LogP contribution >= 0.6 is 11.3 Å². The number of ether oxygens (including phenoxy) is 2. The highest BCUT2D eigenvalue weighted by Gasteiger charge is 2.07. The second-order valence-corrected chi connectivity index (χ2v) is 4.88. The first-order valence-electron chi connectivity index (χ1n) is 6.67. The van der Waals surface area contributed by atoms with E-state index in [1.807, 2.05) is 5.38 Å². The van der Waals surface area contributed by atoms with E-state index in [0.29, 0.717) is 6.61 Å². The zero-order valence-corrected chi connectivity index (χ0v) is 12.4. The third kappa shape index (κ3) is 7.12. The highest BCUT2D eigenvalue weighted by atomic mass is 32.1. The molecule has 6 heteroatoms. The van der Waals surface area contributed by atoms with Crippen molar-refractivity contribution in [3.05, 3.63) is 11.1 Å². The fourth-order valence-corrected chi connectivity index (χ4v) is 2.18. The van der Waals surface area contributed by atoms with Crippen molar-refractivity contribution in [2.24, 2.45) is 0 Å². The lowest BCUT2D eigenvalue weighted by Crippen LogP contribution is -2.08. The molecule has 1 aromatic heterocycles. The van der Waals surface area contributed by atoms with Gasteiger partial charge in [0.25, 0.3) is 0 Å². The standard InChI is InChI=1S/C13H22N2O3S/c1-3-7-17-8-5-6-14-13-15-11(10-19-13)9-12(16)18-4-2/h10H,3-9H2,1-2H3,(H,14,15). The summed E-state index contributed by atoms with van der Waals surface area (Å²) < 4.78 is 10.3. The molecule has 19 heavy (non-hydrogen) atoms. The van der Waals surface area contributed by atoms with Gasteiger partial charge in [0.1, 0.15) is 0 Å². The molecule has 0 saturated carbocycles. The number of nitrogens with one attached hydrogen (secondary N) is 1. The minimum absolute atomic E-state index is 0.229. The SMILES string of the molecule is CCCOCCCNc1nc(CC(=O)OCC)cs1. The number of aromatic nitrogens is 1. The molecule has 0 aliphatic carbocycles. The van der Waals surface area contributed by atoms with E-state index < -0.39 is 0 Å². The van der Waals surface area contributed by atoms with Crippen molar-refractivity contribution in [3.63, 3.8) is 0 Å². The van der Waals surface area contributed by atoms with Gasteiger partial charge in [-0.1, -0.05) is 6.92 Å². The van der Waals surface area contributed by atoms with Crippen molar-refractivity contribution in [2.45, 2.75) is 33.1 Å². The smallest absolute Gasteiger partial charge is 0.311 e. The number of nitrogens with zero attached hydrogens (tertiary/aromatic N) is 1. The van der Waals surface area contributed by atoms with Crippen LogP contribution in [-0.4, -0.2) is 37.3 Å². The molecular weight excluding hydrogens is 264 g/mol. The molecule has 0 bridgehead atoms. The van der Waals surface area contributed by atoms with Crippen LogP contribution in [0, 0.1) is 0 Å². The van der Waals surface area contributed by atoms with Gasteiger partial charge in [0.05, 0.1) is 18.7 Å². The van der Waals surface area contributed by atoms with Gasteiger partial charge in [-0.3, -0.25) is 4.79 Å². The number of esters is 1. The molecule has 1 aromatic rings. The zero-order valence-electron chi connectivity index (χ0n) is 11.6. The first-order chi connectivity index (χ1) is 9.26. The molecule has 0 fully saturated rings. The van der Waals surface area contributed by atoms with Gasteiger partial charge in [-0.25, -0.2) is 4.98 Å². The molecule has 1 rings (SSSR count). The molecule has 5 nitrogen and oxygen atoms in total. The van der Waals surface area contributed by atoms with Crippen molar-refractivity contribution in [3.8, 4) is 0 Å². The van der Waals surface area contributed by atoms with E-state index in [-0.39, 0.29) is 12.4 Å². The van der Waals surface area contributed by atoms with Crippen LogP contribution in [0.2, 0.25) is 0 Å². The third-order valence-electron chi connectivity index (χ3n) is 2.27. The summed E-state index contributed by atoms with van der Waals surface area (Å²) in [6.07, 6.45) is 2.25. The highest BCUT2D eigenvalue weighted by Crippen LogP contribution is 2.15. The van der Waals surface area contributed by atoms with Crippen molar-refractivity contribution >= 4 is 22.4 Å². The number of thiazole rings is 1. The second-order valence-electron chi connectivity index (χ2n) is 4.02. The Kier molecular flexibility index (Phi) is 8.16. The van der Waals surface area contributed by atoms with E-state index in [4.69, 9.17) is 9.47 Å². The molecule has 1 heterocycles. The molecule has 0 spiro atoms. The minimum Gasteiger partial charge on any atom is -0.466 e. The topological polar surface area (TPSA) is 60.5 Å². The summed E-state index contributed by atoms with van der Waals surface area (Å²) >= 11 is 1.51. The molecule has 108 valence electrons. The van der Waals surface area contributed by atoms with Gasteiger partial charge in [-0.05, 0) is 19.8 Å². The molecule has 0 radical (unpaired) electrons. The van der Waals surface area contributed by atoms with E-state index in [1.165, 1.54) is 11.3 Å². The van der Waals surface area contributed by atoms with Crippen LogP contribution in [0.15, 0.2) is 5.38 Å². The van der Waals surface area contributed by atoms with Gasteiger partial charge in [0.15, 0.2) is 5.13 Å². The van der Waals surface area contributed by atoms with E-state index in [9.17, 15) is 4.79 Å². The number of rotatable bonds is 10. The van der Waals surface area contributed by atoms with Crippen molar-refractivity contribution in [1.82, 2.24) is 4.98 Å². The molecule has 0 atom stereocenters. The molecule has 0 saturated heterocycles. The Morgan fingerprint density at radius 2 is 2.26 bits per heavy atom. The van der Waals surface area contributed by atoms with Gasteiger partial charge in [0.2, 0.25) is 0 Å². The Morgan fingerprint density at radius 3 is 3.00 bits per heavy atom. The summed E-state index contributed by atoms with van der Waals surface area (Å²) in [5.74, 6) is -0.229. The number of carbonyl (C=O) groups excluding carboxylic acids is 1. The van der Waals surface area contributed by atoms with Gasteiger partial charge < -0.3 is 14.8 Å². The van der Waals surface area contributed by atoms with Crippen LogP contribution in [0.4, 0.5) is 5.13 Å². The summed E-state index contributed by atoms with van der Waals surface area (Å²) in [6, 6.07) is 0. The predicted molar refractivity (Wildman–Crippen MR) is 76.7 cm³/mol. The predicted octanol–water partition coefficient (Wildman–Crippen LogP) is 2.48. The zero-order chi connectivity index (χ0) is 13.9. The van der Waals surface area contributed by atoms with Crippen LogP contribution in [-0.2, 0) is 20.7 Å². The molecule has 0 amide bonds. The van der Waals surface area contributed by atoms with Crippen molar-refractivity contribution in [1.29, 1.82) is 0 Å². The lowest BCUT2D eigenvalue weighted by atomic mass is 10.3. The van der Waals surface area contributed by atoms with Gasteiger partial charge >= 0.3 is 5.97 Å². The maximum absolute atomic E-state index is 11.3. The Bertz CT molecular complexity index is 369. The Labute approximate surface area is 118 Å². The first-order valence-corrected chi connectivity index (χ1v) is 7.55. The van der Waals surface area contributed by atoms with Crippen molar-refractivity contribution in [2.75, 3.05) is 31.7 Å². The van der Waals surface area contributed by atoms with E-state index in [1.54, 1.807) is 6.92 Å². The molecule has 0 aromatic carbocycles. The summed E-state index contributed by atoms with van der Waals surface area (Å²) in [7, 11) is 0. The van der Waals surface area contributed by atoms with Gasteiger partial charge in [-0.15, -0.1) is 11.3 Å². The number of anilines is 1. The summed E-state index contributed by atoms with van der Waals surface area (Å²) in [6.45, 7) is 6.72. The maximum Gasteiger partial charge on any atom is 0.311 e. The Hall–Kier alpha value is -1.14. The monoisotopic (exact) mass is 286 g/mol. The van der Waals surface area contributed by atoms with Crippen molar-refractivity contribution < 1.29 is 14.3 Å². The molecule has 0 aliphatic heterocycles. The average molecular weight is 286 g/mol. The van der Waals surface area contributed by atoms with Crippen LogP contribution in [0.25, 0.3) is 0 Å². The number of hydrogen-bond acceptors (Lipinski definition) is 6. The Morgan fingerprint density at radius 1 is 1.42 bits per heavy atom. The Balaban J connectivity index is 2.18. The number of hydrogen-bond donors (Lipinski definition) is 1. The van der Waals surface area contributed by atoms with Crippen LogP contribution in [0.1, 0.15) is 32.4 Å². The largest absolute Gasteiger partial charge is 0.466 e. The highest BCUT2D eigenvalue weighted by molar-refractivity contribution is 7.13. The average Bonchev–Trinajstić information content (AvgIpc) is 2.81. The van der Waals surface area contributed by atoms with Gasteiger partial charge in [-0.2, -0.15) is 0 Å². The molecular formula is C13H22N2O3S. The third-order valence-corrected chi connectivity index (χ3v) is 3.12. The normalized spacial score (nSPS) is 10.4. The minimum atomic E-state index is -0.229. The second kappa shape index (κ2) is 9.75. The molecule has 0 unspecified atom stereocenters. The lowest BCUT2D eigenvalue weighted by Gasteiger charge is -2.03. The van der Waals surface area contributed by atoms with E-state index in [0.717, 1.165) is 43.4 Å². The summed E-state index contributed by atoms with van der Waals surface area (Å²) in [5.41, 5.74) is 0.758. The summed E-state index contributed by atoms with van der Waals surface area (Å²) in [5, 5.41) is 5.95. The van der Waals surface area contributed by atoms with E-state index in [2.05, 4.69) is 17.2 Å². The molecule has 0 aliphatic rings. The first kappa shape index (κ1) is 15.9. The van der Waals surface area contributed by atoms with E-state index >= 15 is 0 Å². The summed E-state index contributed by atoms with van der Waals surface area (Å²) in [4.78, 5) is 15.6. The quantitative estimate of drug-likeness (QED) is 0.529. The fourth-order valence-electron chi connectivity index (χ4n) is 1.45. The van der Waals surface area contributed by atoms with Crippen LogP contribution < -0.4 is 5.32 Å². The maximum atomic E-state index is 11.3. The van der Waals surface area contributed by atoms with Gasteiger partial charge in [0, 0.05) is 25.1 Å². The molecule has 1 N–H and O–H groups in total.